The lowest BCUT2D eigenvalue weighted by Gasteiger charge is -2.30. The molecule has 0 aliphatic carbocycles. The van der Waals surface area contributed by atoms with E-state index in [1.54, 1.807) is 12.0 Å². The highest BCUT2D eigenvalue weighted by Gasteiger charge is 2.27. The molecule has 0 bridgehead atoms. The van der Waals surface area contributed by atoms with E-state index in [9.17, 15) is 9.59 Å². The van der Waals surface area contributed by atoms with E-state index in [4.69, 9.17) is 4.74 Å². The smallest absolute Gasteiger partial charge is 0.272 e. The van der Waals surface area contributed by atoms with Crippen molar-refractivity contribution in [3.8, 4) is 5.75 Å². The number of carbonyl (C=O) groups excluding carboxylic acids is 2. The highest BCUT2D eigenvalue weighted by molar-refractivity contribution is 6.04. The molecule has 1 aromatic carbocycles. The Morgan fingerprint density at radius 2 is 2.04 bits per heavy atom. The van der Waals surface area contributed by atoms with Crippen molar-refractivity contribution in [2.75, 3.05) is 20.2 Å². The van der Waals surface area contributed by atoms with Gasteiger partial charge in [0.1, 0.15) is 11.4 Å². The molecule has 26 heavy (non-hydrogen) atoms. The number of rotatable bonds is 5. The van der Waals surface area contributed by atoms with E-state index >= 15 is 0 Å². The summed E-state index contributed by atoms with van der Waals surface area (Å²) >= 11 is 0. The van der Waals surface area contributed by atoms with Gasteiger partial charge in [-0.25, -0.2) is 4.98 Å². The molecule has 2 heterocycles. The lowest BCUT2D eigenvalue weighted by molar-refractivity contribution is 0.0686. The molecular weight excluding hydrogens is 332 g/mol. The normalized spacial score (nSPS) is 14.9. The average Bonchev–Trinajstić information content (AvgIpc) is 3.16. The van der Waals surface area contributed by atoms with Gasteiger partial charge in [0.2, 0.25) is 0 Å². The number of likely N-dealkylation sites (tertiary alicyclic amines) is 1. The van der Waals surface area contributed by atoms with Crippen LogP contribution in [-0.4, -0.2) is 46.9 Å². The van der Waals surface area contributed by atoms with Crippen LogP contribution in [0.15, 0.2) is 30.6 Å². The van der Waals surface area contributed by atoms with Gasteiger partial charge in [0.05, 0.1) is 13.4 Å². The number of amides is 2. The number of piperidine rings is 1. The van der Waals surface area contributed by atoms with Gasteiger partial charge >= 0.3 is 0 Å². The summed E-state index contributed by atoms with van der Waals surface area (Å²) in [6, 6.07) is 7.46. The van der Waals surface area contributed by atoms with Gasteiger partial charge in [0, 0.05) is 25.2 Å². The zero-order chi connectivity index (χ0) is 18.5. The van der Waals surface area contributed by atoms with Crippen molar-refractivity contribution in [2.24, 2.45) is 5.92 Å². The van der Waals surface area contributed by atoms with Crippen LogP contribution in [0.25, 0.3) is 0 Å². The number of carbonyl (C=O) groups is 2. The molecule has 138 valence electrons. The van der Waals surface area contributed by atoms with E-state index in [2.05, 4.69) is 22.2 Å². The van der Waals surface area contributed by atoms with Crippen LogP contribution in [0, 0.1) is 5.92 Å². The fraction of sp³-hybridized carbons (Fsp3) is 0.421. The number of nitrogens with zero attached hydrogens (tertiary/aromatic N) is 2. The minimum absolute atomic E-state index is 0.128. The second-order valence-electron chi connectivity index (χ2n) is 6.60. The third kappa shape index (κ3) is 3.87. The van der Waals surface area contributed by atoms with E-state index < -0.39 is 0 Å². The maximum Gasteiger partial charge on any atom is 0.272 e. The highest BCUT2D eigenvalue weighted by Crippen LogP contribution is 2.19. The van der Waals surface area contributed by atoms with Crippen LogP contribution in [0.1, 0.15) is 46.3 Å². The maximum atomic E-state index is 12.7. The molecule has 0 radical (unpaired) electrons. The highest BCUT2D eigenvalue weighted by atomic mass is 16.5. The van der Waals surface area contributed by atoms with Crippen LogP contribution < -0.4 is 10.1 Å². The first-order valence-electron chi connectivity index (χ1n) is 8.83. The first kappa shape index (κ1) is 18.0. The topological polar surface area (TPSA) is 87.3 Å². The summed E-state index contributed by atoms with van der Waals surface area (Å²) in [6.07, 6.45) is 3.35. The minimum Gasteiger partial charge on any atom is -0.496 e. The number of ether oxygens (including phenoxy) is 1. The fourth-order valence-electron chi connectivity index (χ4n) is 3.11. The zero-order valence-electron chi connectivity index (χ0n) is 15.1. The van der Waals surface area contributed by atoms with Gasteiger partial charge in [0.25, 0.3) is 11.8 Å². The number of aromatic nitrogens is 2. The van der Waals surface area contributed by atoms with Crippen LogP contribution in [0.3, 0.4) is 0 Å². The number of aromatic amines is 1. The van der Waals surface area contributed by atoms with Gasteiger partial charge in [0.15, 0.2) is 5.69 Å². The predicted octanol–water partition coefficient (Wildman–Crippen LogP) is 2.22. The maximum absolute atomic E-state index is 12.7. The fourth-order valence-corrected chi connectivity index (χ4v) is 3.11. The summed E-state index contributed by atoms with van der Waals surface area (Å²) in [5.74, 6) is 0.778. The van der Waals surface area contributed by atoms with Crippen LogP contribution in [0.4, 0.5) is 0 Å². The monoisotopic (exact) mass is 356 g/mol. The molecule has 7 nitrogen and oxygen atoms in total. The van der Waals surface area contributed by atoms with Crippen molar-refractivity contribution in [1.29, 1.82) is 0 Å². The van der Waals surface area contributed by atoms with Crippen LogP contribution in [0.5, 0.6) is 5.75 Å². The summed E-state index contributed by atoms with van der Waals surface area (Å²) < 4.78 is 5.28. The Morgan fingerprint density at radius 3 is 2.77 bits per heavy atom. The predicted molar refractivity (Wildman–Crippen MR) is 97.1 cm³/mol. The number of hydrogen-bond acceptors (Lipinski definition) is 4. The summed E-state index contributed by atoms with van der Waals surface area (Å²) in [5, 5.41) is 2.81. The Kier molecular flexibility index (Phi) is 5.55. The van der Waals surface area contributed by atoms with Crippen molar-refractivity contribution in [3.05, 3.63) is 47.5 Å². The number of benzene rings is 1. The molecule has 0 spiro atoms. The molecule has 2 N–H and O–H groups in total. The number of para-hydroxylation sites is 1. The van der Waals surface area contributed by atoms with Crippen molar-refractivity contribution >= 4 is 11.8 Å². The van der Waals surface area contributed by atoms with Gasteiger partial charge in [-0.3, -0.25) is 9.59 Å². The largest absolute Gasteiger partial charge is 0.496 e. The van der Waals surface area contributed by atoms with Gasteiger partial charge in [-0.2, -0.15) is 0 Å². The number of methoxy groups -OCH3 is 1. The zero-order valence-corrected chi connectivity index (χ0v) is 15.1. The van der Waals surface area contributed by atoms with Crippen molar-refractivity contribution in [2.45, 2.75) is 26.3 Å². The summed E-state index contributed by atoms with van der Waals surface area (Å²) in [7, 11) is 1.59. The van der Waals surface area contributed by atoms with Crippen LogP contribution >= 0.6 is 0 Å². The van der Waals surface area contributed by atoms with Crippen molar-refractivity contribution in [1.82, 2.24) is 20.2 Å². The van der Waals surface area contributed by atoms with E-state index in [1.807, 2.05) is 24.3 Å². The third-order valence-electron chi connectivity index (χ3n) is 4.77. The first-order valence-corrected chi connectivity index (χ1v) is 8.83. The second kappa shape index (κ2) is 8.03. The Balaban J connectivity index is 1.67. The molecule has 3 rings (SSSR count). The van der Waals surface area contributed by atoms with Gasteiger partial charge < -0.3 is 19.9 Å². The van der Waals surface area contributed by atoms with E-state index in [1.165, 1.54) is 6.33 Å². The van der Waals surface area contributed by atoms with E-state index in [-0.39, 0.29) is 23.2 Å². The van der Waals surface area contributed by atoms with Gasteiger partial charge in [-0.05, 0) is 24.8 Å². The minimum atomic E-state index is -0.383. The van der Waals surface area contributed by atoms with Crippen molar-refractivity contribution in [3.63, 3.8) is 0 Å². The standard InChI is InChI=1S/C19H24N4O3/c1-13-7-9-23(10-8-13)19(25)17-16(21-12-22-17)18(24)20-11-14-5-3-4-6-15(14)26-2/h3-6,12-13H,7-11H2,1-2H3,(H,20,24)(H,21,22). The molecule has 2 amide bonds. The Morgan fingerprint density at radius 1 is 1.31 bits per heavy atom. The molecule has 0 atom stereocenters. The molecule has 0 saturated carbocycles. The van der Waals surface area contributed by atoms with E-state index in [0.29, 0.717) is 31.3 Å². The molecule has 1 aromatic heterocycles. The molecule has 7 heteroatoms. The molecule has 1 aliphatic rings. The molecular formula is C19H24N4O3. The van der Waals surface area contributed by atoms with Crippen LogP contribution in [-0.2, 0) is 6.54 Å². The first-order chi connectivity index (χ1) is 12.6. The number of hydrogen-bond donors (Lipinski definition) is 2. The molecule has 1 saturated heterocycles. The quantitative estimate of drug-likeness (QED) is 0.860. The number of nitrogens with one attached hydrogen (secondary N) is 2. The van der Waals surface area contributed by atoms with E-state index in [0.717, 1.165) is 18.4 Å². The van der Waals surface area contributed by atoms with Crippen molar-refractivity contribution < 1.29 is 14.3 Å². The van der Waals surface area contributed by atoms with Crippen LogP contribution in [0.2, 0.25) is 0 Å². The lowest BCUT2D eigenvalue weighted by Crippen LogP contribution is -2.39. The van der Waals surface area contributed by atoms with Gasteiger partial charge in [-0.15, -0.1) is 0 Å². The molecule has 1 aliphatic heterocycles. The Bertz CT molecular complexity index is 779. The second-order valence-corrected chi connectivity index (χ2v) is 6.60. The summed E-state index contributed by atoms with van der Waals surface area (Å²) in [4.78, 5) is 33.9. The Labute approximate surface area is 152 Å². The lowest BCUT2D eigenvalue weighted by atomic mass is 9.99. The van der Waals surface area contributed by atoms with Gasteiger partial charge in [-0.1, -0.05) is 25.1 Å². The Hall–Kier alpha value is -2.83. The molecule has 0 unspecified atom stereocenters. The number of H-pyrrole nitrogens is 1. The molecule has 2 aromatic rings. The SMILES string of the molecule is COc1ccccc1CNC(=O)c1nc[nH]c1C(=O)N1CCC(C)CC1. The number of imidazole rings is 1. The summed E-state index contributed by atoms with van der Waals surface area (Å²) in [5.41, 5.74) is 1.23. The summed E-state index contributed by atoms with van der Waals surface area (Å²) in [6.45, 7) is 3.90. The average molecular weight is 356 g/mol. The third-order valence-corrected chi connectivity index (χ3v) is 4.77. The molecule has 1 fully saturated rings.